The molecule has 4 aliphatic rings. The fourth-order valence-electron chi connectivity index (χ4n) is 9.81. The predicted octanol–water partition coefficient (Wildman–Crippen LogP) is 2.96. The van der Waals surface area contributed by atoms with Crippen LogP contribution >= 0.6 is 0 Å². The van der Waals surface area contributed by atoms with Crippen LogP contribution in [0.25, 0.3) is 0 Å². The Hall–Kier alpha value is -5.76. The average Bonchev–Trinajstić information content (AvgIpc) is 3.20. The number of alkyl carbamates (subject to hydrolysis) is 1. The highest BCUT2D eigenvalue weighted by Crippen LogP contribution is 2.64. The SMILES string of the molecule is CCOC(=O)NC(c1ccc([N+](=O)[O-])cc1)C(O)C(=O)OC1CC2(O)C(OC(=O)c3ccccc3)C3[C@]4(OC(C)=O)COC4CC(O)[C@@]3(C)C(=O)C(OC(C)=O)C(=C1C)C2(C)C. The van der Waals surface area contributed by atoms with Crippen molar-refractivity contribution >= 4 is 41.4 Å². The summed E-state index contributed by atoms with van der Waals surface area (Å²) in [6, 6.07) is 10.7. The number of nitrogens with one attached hydrogen (secondary N) is 1. The Morgan fingerprint density at radius 3 is 2.18 bits per heavy atom. The number of aliphatic hydroxyl groups is 3. The number of nitrogens with zero attached hydrogens (tertiary/aromatic N) is 1. The van der Waals surface area contributed by atoms with Gasteiger partial charge in [-0.3, -0.25) is 24.5 Å². The third-order valence-corrected chi connectivity index (χ3v) is 13.0. The number of non-ortho nitro benzene ring substituents is 1. The second kappa shape index (κ2) is 16.8. The number of nitro benzene ring substituents is 1. The molecule has 6 rings (SSSR count). The lowest BCUT2D eigenvalue weighted by molar-refractivity contribution is -0.384. The molecule has 334 valence electrons. The van der Waals surface area contributed by atoms with Crippen molar-refractivity contribution in [1.82, 2.24) is 5.32 Å². The summed E-state index contributed by atoms with van der Waals surface area (Å²) in [5, 5.41) is 50.9. The monoisotopic (exact) mass is 866 g/mol. The Morgan fingerprint density at radius 2 is 1.63 bits per heavy atom. The molecule has 19 nitrogen and oxygen atoms in total. The topological polar surface area (TPSA) is 274 Å². The van der Waals surface area contributed by atoms with Crippen molar-refractivity contribution in [1.29, 1.82) is 0 Å². The van der Waals surface area contributed by atoms with Gasteiger partial charge >= 0.3 is 30.0 Å². The molecule has 19 heteroatoms. The zero-order valence-electron chi connectivity index (χ0n) is 35.1. The summed E-state index contributed by atoms with van der Waals surface area (Å²) in [4.78, 5) is 93.1. The number of ether oxygens (including phenoxy) is 6. The Balaban J connectivity index is 1.54. The van der Waals surface area contributed by atoms with Gasteiger partial charge in [-0.05, 0) is 49.6 Å². The molecule has 1 amide bonds. The van der Waals surface area contributed by atoms with Gasteiger partial charge in [0, 0.05) is 44.2 Å². The number of carbonyl (C=O) groups is 6. The van der Waals surface area contributed by atoms with E-state index in [0.717, 1.165) is 26.0 Å². The third kappa shape index (κ3) is 7.60. The minimum atomic E-state index is -2.46. The van der Waals surface area contributed by atoms with Crippen LogP contribution in [-0.4, -0.2) is 117 Å². The first-order valence-corrected chi connectivity index (χ1v) is 20.0. The number of nitro groups is 1. The first-order chi connectivity index (χ1) is 29.0. The van der Waals surface area contributed by atoms with Gasteiger partial charge in [0.2, 0.25) is 0 Å². The van der Waals surface area contributed by atoms with Crippen LogP contribution in [0.1, 0.15) is 83.3 Å². The van der Waals surface area contributed by atoms with Crippen LogP contribution < -0.4 is 5.32 Å². The second-order valence-corrected chi connectivity index (χ2v) is 16.8. The zero-order valence-corrected chi connectivity index (χ0v) is 35.1. The molecular weight excluding hydrogens is 816 g/mol. The third-order valence-electron chi connectivity index (χ3n) is 13.0. The lowest BCUT2D eigenvalue weighted by Gasteiger charge is -2.67. The van der Waals surface area contributed by atoms with E-state index in [0.29, 0.717) is 0 Å². The van der Waals surface area contributed by atoms with Crippen LogP contribution in [-0.2, 0) is 47.6 Å². The van der Waals surface area contributed by atoms with E-state index < -0.39 is 118 Å². The molecular formula is C43H50N2O17. The van der Waals surface area contributed by atoms with E-state index in [9.17, 15) is 49.4 Å². The van der Waals surface area contributed by atoms with Crippen LogP contribution in [0, 0.1) is 26.9 Å². The number of rotatable bonds is 11. The quantitative estimate of drug-likeness (QED) is 0.0831. The molecule has 0 radical (unpaired) electrons. The molecule has 3 aliphatic carbocycles. The summed E-state index contributed by atoms with van der Waals surface area (Å²) >= 11 is 0. The van der Waals surface area contributed by atoms with Crippen LogP contribution in [0.4, 0.5) is 10.5 Å². The van der Waals surface area contributed by atoms with E-state index in [-0.39, 0.29) is 47.6 Å². The Morgan fingerprint density at radius 1 is 0.984 bits per heavy atom. The highest BCUT2D eigenvalue weighted by molar-refractivity contribution is 5.95. The van der Waals surface area contributed by atoms with Gasteiger partial charge in [-0.1, -0.05) is 44.2 Å². The fourth-order valence-corrected chi connectivity index (χ4v) is 9.81. The van der Waals surface area contributed by atoms with Gasteiger partial charge in [-0.25, -0.2) is 14.4 Å². The maximum absolute atomic E-state index is 15.4. The van der Waals surface area contributed by atoms with E-state index in [1.54, 1.807) is 18.2 Å². The minimum Gasteiger partial charge on any atom is -0.456 e. The van der Waals surface area contributed by atoms with Gasteiger partial charge in [-0.15, -0.1) is 0 Å². The number of esters is 4. The molecule has 1 heterocycles. The number of ketones is 1. The molecule has 3 fully saturated rings. The van der Waals surface area contributed by atoms with E-state index >= 15 is 4.79 Å². The summed E-state index contributed by atoms with van der Waals surface area (Å²) < 4.78 is 34.9. The van der Waals surface area contributed by atoms with Crippen molar-refractivity contribution in [3.63, 3.8) is 0 Å². The summed E-state index contributed by atoms with van der Waals surface area (Å²) in [7, 11) is 0. The van der Waals surface area contributed by atoms with Gasteiger partial charge < -0.3 is 49.1 Å². The fraction of sp³-hybridized carbons (Fsp3) is 0.535. The smallest absolute Gasteiger partial charge is 0.407 e. The summed E-state index contributed by atoms with van der Waals surface area (Å²) in [5.74, 6) is -6.63. The number of Topliss-reactive ketones (excluding diaryl/α,β-unsaturated/α-hetero) is 1. The van der Waals surface area contributed by atoms with Crippen LogP contribution in [0.3, 0.4) is 0 Å². The van der Waals surface area contributed by atoms with Gasteiger partial charge in [0.25, 0.3) is 5.69 Å². The highest BCUT2D eigenvalue weighted by Gasteiger charge is 2.78. The average molecular weight is 867 g/mol. The van der Waals surface area contributed by atoms with E-state index in [2.05, 4.69) is 5.32 Å². The first-order valence-electron chi connectivity index (χ1n) is 20.0. The number of amides is 1. The number of hydrogen-bond acceptors (Lipinski definition) is 17. The van der Waals surface area contributed by atoms with Crippen molar-refractivity contribution in [3.8, 4) is 0 Å². The van der Waals surface area contributed by atoms with Crippen molar-refractivity contribution < 1.29 is 77.4 Å². The minimum absolute atomic E-state index is 0.0290. The molecule has 1 aliphatic heterocycles. The Labute approximate surface area is 355 Å². The standard InChI is InChI=1S/C43H50N2O17/c1-8-57-39(53)44-31(24-14-16-26(17-15-24)45(55)56)32(49)38(52)60-27-19-43(54)36(61-37(51)25-12-10-9-11-13-25)34-41(7,28(48)18-29-42(34,20-58-29)62-23(4)47)35(50)33(59-22(3)46)30(21(27)2)40(43,5)6/h9-17,27-29,31-34,36,48-49,54H,8,18-20H2,1-7H3,(H,44,53)/t27?,28?,29?,31?,32?,33?,34?,36?,41-,42+,43?/m1/s1. The zero-order chi connectivity index (χ0) is 45.7. The second-order valence-electron chi connectivity index (χ2n) is 16.8. The van der Waals surface area contributed by atoms with Crippen molar-refractivity contribution in [2.75, 3.05) is 13.2 Å². The van der Waals surface area contributed by atoms with E-state index in [4.69, 9.17) is 28.4 Å². The highest BCUT2D eigenvalue weighted by atomic mass is 16.6. The van der Waals surface area contributed by atoms with E-state index in [1.807, 2.05) is 0 Å². The molecule has 2 aromatic carbocycles. The lowest BCUT2D eigenvalue weighted by atomic mass is 9.44. The van der Waals surface area contributed by atoms with Crippen molar-refractivity contribution in [2.45, 2.75) is 115 Å². The molecule has 4 N–H and O–H groups in total. The van der Waals surface area contributed by atoms with Crippen molar-refractivity contribution in [3.05, 3.63) is 87.0 Å². The van der Waals surface area contributed by atoms with Gasteiger partial charge in [-0.2, -0.15) is 0 Å². The normalized spacial score (nSPS) is 31.8. The molecule has 9 unspecified atom stereocenters. The van der Waals surface area contributed by atoms with Gasteiger partial charge in [0.15, 0.2) is 23.6 Å². The van der Waals surface area contributed by atoms with Crippen molar-refractivity contribution in [2.24, 2.45) is 16.7 Å². The molecule has 62 heavy (non-hydrogen) atoms. The molecule has 2 bridgehead atoms. The number of hydrogen-bond donors (Lipinski definition) is 4. The Bertz CT molecular complexity index is 2170. The Kier molecular flexibility index (Phi) is 12.4. The van der Waals surface area contributed by atoms with E-state index in [1.165, 1.54) is 58.9 Å². The largest absolute Gasteiger partial charge is 0.456 e. The molecule has 2 aromatic rings. The van der Waals surface area contributed by atoms with Gasteiger partial charge in [0.05, 0.1) is 47.2 Å². The van der Waals surface area contributed by atoms with Crippen LogP contribution in [0.15, 0.2) is 65.7 Å². The number of aliphatic hydroxyl groups excluding tert-OH is 2. The number of fused-ring (bicyclic) bond motifs is 5. The number of carbonyl (C=O) groups excluding carboxylic acids is 6. The summed E-state index contributed by atoms with van der Waals surface area (Å²) in [5.41, 5.74) is -8.34. The summed E-state index contributed by atoms with van der Waals surface area (Å²) in [6.07, 6.45) is -12.2. The molecule has 1 saturated heterocycles. The lowest BCUT2D eigenvalue weighted by Crippen LogP contribution is -2.82. The maximum Gasteiger partial charge on any atom is 0.407 e. The molecule has 2 saturated carbocycles. The number of benzene rings is 2. The van der Waals surface area contributed by atoms with Crippen LogP contribution in [0.2, 0.25) is 0 Å². The molecule has 0 spiro atoms. The van der Waals surface area contributed by atoms with Crippen LogP contribution in [0.5, 0.6) is 0 Å². The summed E-state index contributed by atoms with van der Waals surface area (Å²) in [6.45, 7) is 9.07. The first kappa shape index (κ1) is 45.8. The maximum atomic E-state index is 15.4. The predicted molar refractivity (Wildman–Crippen MR) is 211 cm³/mol. The van der Waals surface area contributed by atoms with Gasteiger partial charge in [0.1, 0.15) is 23.9 Å². The molecule has 11 atom stereocenters. The molecule has 0 aromatic heterocycles.